The number of hydrogen-bond acceptors (Lipinski definition) is 3. The normalized spacial score (nSPS) is 12.4. The van der Waals surface area contributed by atoms with E-state index in [1.54, 1.807) is 0 Å². The van der Waals surface area contributed by atoms with Gasteiger partial charge in [-0.05, 0) is 30.6 Å². The van der Waals surface area contributed by atoms with Crippen LogP contribution in [0.5, 0.6) is 0 Å². The molecule has 0 saturated carbocycles. The Balaban J connectivity index is 2.68. The van der Waals surface area contributed by atoms with E-state index in [2.05, 4.69) is 42.3 Å². The maximum absolute atomic E-state index is 12.0. The number of nitrogens with zero attached hydrogens (tertiary/aromatic N) is 1. The molecule has 0 radical (unpaired) electrons. The van der Waals surface area contributed by atoms with Crippen molar-refractivity contribution in [2.24, 2.45) is 11.7 Å². The van der Waals surface area contributed by atoms with E-state index in [1.807, 2.05) is 13.0 Å². The molecule has 3 N–H and O–H groups in total. The molecule has 4 heteroatoms. The summed E-state index contributed by atoms with van der Waals surface area (Å²) in [7, 11) is 0. The van der Waals surface area contributed by atoms with Crippen molar-refractivity contribution >= 4 is 5.91 Å². The van der Waals surface area contributed by atoms with Crippen LogP contribution in [0.4, 0.5) is 0 Å². The van der Waals surface area contributed by atoms with Gasteiger partial charge in [0.1, 0.15) is 0 Å². The molecule has 118 valence electrons. The SMILES string of the molecule is CCC(CN)C(=O)NCc1ccccc1CN(CC)CC. The quantitative estimate of drug-likeness (QED) is 0.733. The second-order valence-electron chi connectivity index (χ2n) is 5.29. The van der Waals surface area contributed by atoms with E-state index < -0.39 is 0 Å². The van der Waals surface area contributed by atoms with Crippen molar-refractivity contribution in [2.75, 3.05) is 19.6 Å². The zero-order chi connectivity index (χ0) is 15.7. The summed E-state index contributed by atoms with van der Waals surface area (Å²) in [6.45, 7) is 10.3. The maximum atomic E-state index is 12.0. The summed E-state index contributed by atoms with van der Waals surface area (Å²) in [5, 5.41) is 3.01. The van der Waals surface area contributed by atoms with Crippen LogP contribution >= 0.6 is 0 Å². The number of carbonyl (C=O) groups is 1. The molecular formula is C17H29N3O. The van der Waals surface area contributed by atoms with Gasteiger partial charge in [-0.1, -0.05) is 45.0 Å². The predicted molar refractivity (Wildman–Crippen MR) is 87.7 cm³/mol. The van der Waals surface area contributed by atoms with Crippen LogP contribution in [-0.4, -0.2) is 30.4 Å². The molecule has 0 saturated heterocycles. The highest BCUT2D eigenvalue weighted by Crippen LogP contribution is 2.12. The Morgan fingerprint density at radius 3 is 2.33 bits per heavy atom. The Hall–Kier alpha value is -1.39. The molecule has 1 aromatic rings. The van der Waals surface area contributed by atoms with Gasteiger partial charge >= 0.3 is 0 Å². The highest BCUT2D eigenvalue weighted by Gasteiger charge is 2.14. The van der Waals surface area contributed by atoms with E-state index >= 15 is 0 Å². The van der Waals surface area contributed by atoms with Crippen LogP contribution in [0.2, 0.25) is 0 Å². The molecule has 0 aliphatic heterocycles. The fourth-order valence-corrected chi connectivity index (χ4v) is 2.36. The highest BCUT2D eigenvalue weighted by atomic mass is 16.1. The first-order chi connectivity index (χ1) is 10.2. The standard InChI is InChI=1S/C17H29N3O/c1-4-14(11-18)17(21)19-12-15-9-7-8-10-16(15)13-20(5-2)6-3/h7-10,14H,4-6,11-13,18H2,1-3H3,(H,19,21). The van der Waals surface area contributed by atoms with Gasteiger partial charge in [-0.25, -0.2) is 0 Å². The zero-order valence-electron chi connectivity index (χ0n) is 13.6. The summed E-state index contributed by atoms with van der Waals surface area (Å²) >= 11 is 0. The minimum Gasteiger partial charge on any atom is -0.352 e. The molecule has 0 aromatic heterocycles. The zero-order valence-corrected chi connectivity index (χ0v) is 13.6. The molecule has 4 nitrogen and oxygen atoms in total. The first-order valence-corrected chi connectivity index (χ1v) is 7.93. The molecule has 0 spiro atoms. The summed E-state index contributed by atoms with van der Waals surface area (Å²) in [4.78, 5) is 14.4. The minimum absolute atomic E-state index is 0.0534. The molecule has 1 rings (SSSR count). The summed E-state index contributed by atoms with van der Waals surface area (Å²) in [6.07, 6.45) is 0.781. The number of rotatable bonds is 9. The highest BCUT2D eigenvalue weighted by molar-refractivity contribution is 5.78. The summed E-state index contributed by atoms with van der Waals surface area (Å²) in [6, 6.07) is 8.30. The topological polar surface area (TPSA) is 58.4 Å². The number of nitrogens with two attached hydrogens (primary N) is 1. The van der Waals surface area contributed by atoms with Gasteiger partial charge < -0.3 is 11.1 Å². The lowest BCUT2D eigenvalue weighted by Gasteiger charge is -2.20. The van der Waals surface area contributed by atoms with Crippen molar-refractivity contribution in [1.29, 1.82) is 0 Å². The van der Waals surface area contributed by atoms with Crippen molar-refractivity contribution < 1.29 is 4.79 Å². The fourth-order valence-electron chi connectivity index (χ4n) is 2.36. The lowest BCUT2D eigenvalue weighted by atomic mass is 10.0. The number of nitrogens with one attached hydrogen (secondary N) is 1. The fraction of sp³-hybridized carbons (Fsp3) is 0.588. The second-order valence-corrected chi connectivity index (χ2v) is 5.29. The minimum atomic E-state index is -0.0834. The van der Waals surface area contributed by atoms with Gasteiger partial charge in [0.25, 0.3) is 0 Å². The number of hydrogen-bond donors (Lipinski definition) is 2. The monoisotopic (exact) mass is 291 g/mol. The third-order valence-electron chi connectivity index (χ3n) is 4.01. The number of amides is 1. The van der Waals surface area contributed by atoms with Crippen LogP contribution in [0.1, 0.15) is 38.3 Å². The summed E-state index contributed by atoms with van der Waals surface area (Å²) in [5.74, 6) is -0.0300. The van der Waals surface area contributed by atoms with E-state index in [9.17, 15) is 4.79 Å². The summed E-state index contributed by atoms with van der Waals surface area (Å²) in [5.41, 5.74) is 8.08. The number of benzene rings is 1. The van der Waals surface area contributed by atoms with E-state index in [-0.39, 0.29) is 11.8 Å². The molecule has 0 bridgehead atoms. The molecular weight excluding hydrogens is 262 g/mol. The molecule has 1 amide bonds. The Morgan fingerprint density at radius 1 is 1.19 bits per heavy atom. The smallest absolute Gasteiger partial charge is 0.224 e. The second kappa shape index (κ2) is 9.53. The van der Waals surface area contributed by atoms with Crippen LogP contribution in [0.3, 0.4) is 0 Å². The van der Waals surface area contributed by atoms with Crippen LogP contribution in [-0.2, 0) is 17.9 Å². The van der Waals surface area contributed by atoms with Crippen molar-refractivity contribution in [3.05, 3.63) is 35.4 Å². The third kappa shape index (κ3) is 5.48. The molecule has 21 heavy (non-hydrogen) atoms. The van der Waals surface area contributed by atoms with E-state index in [4.69, 9.17) is 5.73 Å². The van der Waals surface area contributed by atoms with Crippen molar-refractivity contribution in [3.8, 4) is 0 Å². The molecule has 1 unspecified atom stereocenters. The van der Waals surface area contributed by atoms with E-state index in [0.29, 0.717) is 13.1 Å². The van der Waals surface area contributed by atoms with E-state index in [0.717, 1.165) is 26.1 Å². The van der Waals surface area contributed by atoms with Crippen LogP contribution in [0, 0.1) is 5.92 Å². The average Bonchev–Trinajstić information content (AvgIpc) is 2.52. The first-order valence-electron chi connectivity index (χ1n) is 7.93. The molecule has 0 aliphatic rings. The van der Waals surface area contributed by atoms with Gasteiger partial charge in [0, 0.05) is 25.6 Å². The third-order valence-corrected chi connectivity index (χ3v) is 4.01. The summed E-state index contributed by atoms with van der Waals surface area (Å²) < 4.78 is 0. The molecule has 0 fully saturated rings. The Labute approximate surface area is 128 Å². The van der Waals surface area contributed by atoms with Crippen molar-refractivity contribution in [2.45, 2.75) is 40.3 Å². The maximum Gasteiger partial charge on any atom is 0.224 e. The molecule has 0 heterocycles. The lowest BCUT2D eigenvalue weighted by molar-refractivity contribution is -0.124. The Kier molecular flexibility index (Phi) is 8.01. The number of carbonyl (C=O) groups excluding carboxylic acids is 1. The average molecular weight is 291 g/mol. The van der Waals surface area contributed by atoms with Crippen LogP contribution < -0.4 is 11.1 Å². The van der Waals surface area contributed by atoms with Gasteiger partial charge in [0.2, 0.25) is 5.91 Å². The Morgan fingerprint density at radius 2 is 1.81 bits per heavy atom. The van der Waals surface area contributed by atoms with Gasteiger partial charge in [0.15, 0.2) is 0 Å². The first kappa shape index (κ1) is 17.7. The van der Waals surface area contributed by atoms with Crippen molar-refractivity contribution in [1.82, 2.24) is 10.2 Å². The van der Waals surface area contributed by atoms with E-state index in [1.165, 1.54) is 11.1 Å². The van der Waals surface area contributed by atoms with Crippen molar-refractivity contribution in [3.63, 3.8) is 0 Å². The van der Waals surface area contributed by atoms with Gasteiger partial charge in [-0.3, -0.25) is 9.69 Å². The molecule has 1 atom stereocenters. The van der Waals surface area contributed by atoms with Crippen LogP contribution in [0.25, 0.3) is 0 Å². The Bertz CT molecular complexity index is 426. The van der Waals surface area contributed by atoms with Gasteiger partial charge in [-0.2, -0.15) is 0 Å². The van der Waals surface area contributed by atoms with Gasteiger partial charge in [0.05, 0.1) is 0 Å². The van der Waals surface area contributed by atoms with Gasteiger partial charge in [-0.15, -0.1) is 0 Å². The predicted octanol–water partition coefficient (Wildman–Crippen LogP) is 2.13. The van der Waals surface area contributed by atoms with Crippen LogP contribution in [0.15, 0.2) is 24.3 Å². The molecule has 0 aliphatic carbocycles. The largest absolute Gasteiger partial charge is 0.352 e. The molecule has 1 aromatic carbocycles. The lowest BCUT2D eigenvalue weighted by Crippen LogP contribution is -2.34.